The molecule has 1 aromatic carbocycles. The van der Waals surface area contributed by atoms with Gasteiger partial charge < -0.3 is 9.72 Å². The first-order valence-corrected chi connectivity index (χ1v) is 5.88. The highest BCUT2D eigenvalue weighted by Crippen LogP contribution is 2.21. The Hall–Kier alpha value is -1.68. The Bertz CT molecular complexity index is 546. The summed E-state index contributed by atoms with van der Waals surface area (Å²) in [5.41, 5.74) is 1.78. The van der Waals surface area contributed by atoms with Crippen LogP contribution in [0.25, 0.3) is 11.3 Å². The van der Waals surface area contributed by atoms with Gasteiger partial charge in [-0.25, -0.2) is 0 Å². The third kappa shape index (κ3) is 2.91. The van der Waals surface area contributed by atoms with E-state index in [9.17, 15) is 0 Å². The van der Waals surface area contributed by atoms with Crippen molar-refractivity contribution >= 4 is 12.2 Å². The van der Waals surface area contributed by atoms with Gasteiger partial charge in [-0.15, -0.1) is 0 Å². The average molecular weight is 246 g/mol. The highest BCUT2D eigenvalue weighted by molar-refractivity contribution is 7.71. The molecule has 4 heteroatoms. The van der Waals surface area contributed by atoms with Gasteiger partial charge in [0.05, 0.1) is 6.10 Å². The minimum absolute atomic E-state index is 0.179. The van der Waals surface area contributed by atoms with Crippen LogP contribution in [0.1, 0.15) is 13.8 Å². The molecule has 0 unspecified atom stereocenters. The second kappa shape index (κ2) is 5.10. The Labute approximate surface area is 105 Å². The van der Waals surface area contributed by atoms with Gasteiger partial charge >= 0.3 is 0 Å². The molecule has 1 aromatic heterocycles. The van der Waals surface area contributed by atoms with Crippen molar-refractivity contribution in [1.82, 2.24) is 9.97 Å². The Morgan fingerprint density at radius 2 is 1.94 bits per heavy atom. The van der Waals surface area contributed by atoms with E-state index < -0.39 is 0 Å². The third-order valence-corrected chi connectivity index (χ3v) is 2.52. The molecule has 0 amide bonds. The molecule has 0 aliphatic carbocycles. The van der Waals surface area contributed by atoms with Crippen molar-refractivity contribution in [3.63, 3.8) is 0 Å². The van der Waals surface area contributed by atoms with E-state index in [2.05, 4.69) is 9.97 Å². The molecule has 0 saturated carbocycles. The fourth-order valence-electron chi connectivity index (χ4n) is 1.52. The lowest BCUT2D eigenvalue weighted by atomic mass is 10.1. The number of nitrogens with zero attached hydrogens (tertiary/aromatic N) is 1. The summed E-state index contributed by atoms with van der Waals surface area (Å²) in [4.78, 5) is 7.23. The lowest BCUT2D eigenvalue weighted by Crippen LogP contribution is -2.05. The number of hydrogen-bond donors (Lipinski definition) is 1. The molecule has 3 nitrogen and oxygen atoms in total. The van der Waals surface area contributed by atoms with Crippen LogP contribution in [0.2, 0.25) is 0 Å². The third-order valence-electron chi connectivity index (χ3n) is 2.21. The number of aromatic amines is 1. The van der Waals surface area contributed by atoms with Crippen molar-refractivity contribution < 1.29 is 4.74 Å². The quantitative estimate of drug-likeness (QED) is 0.841. The monoisotopic (exact) mass is 246 g/mol. The fraction of sp³-hybridized carbons (Fsp3) is 0.231. The maximum Gasteiger partial charge on any atom is 0.129 e. The number of H-pyrrole nitrogens is 1. The van der Waals surface area contributed by atoms with Crippen LogP contribution in [0.5, 0.6) is 5.75 Å². The number of benzene rings is 1. The van der Waals surface area contributed by atoms with Gasteiger partial charge in [-0.2, -0.15) is 0 Å². The van der Waals surface area contributed by atoms with E-state index >= 15 is 0 Å². The molecule has 0 aliphatic heterocycles. The van der Waals surface area contributed by atoms with Gasteiger partial charge in [-0.3, -0.25) is 4.98 Å². The summed E-state index contributed by atoms with van der Waals surface area (Å²) >= 11 is 5.19. The smallest absolute Gasteiger partial charge is 0.129 e. The zero-order valence-corrected chi connectivity index (χ0v) is 10.6. The fourth-order valence-corrected chi connectivity index (χ4v) is 1.76. The van der Waals surface area contributed by atoms with Gasteiger partial charge in [0, 0.05) is 18.0 Å². The molecule has 1 heterocycles. The second-order valence-electron chi connectivity index (χ2n) is 3.96. The molecule has 0 spiro atoms. The lowest BCUT2D eigenvalue weighted by Gasteiger charge is -2.09. The summed E-state index contributed by atoms with van der Waals surface area (Å²) in [6.07, 6.45) is 3.60. The molecule has 2 rings (SSSR count). The number of rotatable bonds is 3. The van der Waals surface area contributed by atoms with Gasteiger partial charge in [0.1, 0.15) is 16.1 Å². The maximum atomic E-state index is 5.58. The van der Waals surface area contributed by atoms with Gasteiger partial charge in [0.15, 0.2) is 0 Å². The summed E-state index contributed by atoms with van der Waals surface area (Å²) < 4.78 is 6.22. The van der Waals surface area contributed by atoms with Crippen LogP contribution in [0.4, 0.5) is 0 Å². The first kappa shape index (κ1) is 11.8. The predicted octanol–water partition coefficient (Wildman–Crippen LogP) is 3.59. The van der Waals surface area contributed by atoms with Gasteiger partial charge in [-0.1, -0.05) is 12.2 Å². The van der Waals surface area contributed by atoms with Crippen molar-refractivity contribution in [3.05, 3.63) is 41.3 Å². The number of aromatic nitrogens is 2. The van der Waals surface area contributed by atoms with Crippen molar-refractivity contribution in [2.24, 2.45) is 0 Å². The Morgan fingerprint density at radius 3 is 2.53 bits per heavy atom. The molecular formula is C13H14N2OS. The summed E-state index contributed by atoms with van der Waals surface area (Å²) in [6, 6.07) is 7.78. The lowest BCUT2D eigenvalue weighted by molar-refractivity contribution is 0.242. The molecule has 88 valence electrons. The van der Waals surface area contributed by atoms with E-state index in [1.54, 1.807) is 12.4 Å². The van der Waals surface area contributed by atoms with Crippen molar-refractivity contribution in [3.8, 4) is 17.0 Å². The van der Waals surface area contributed by atoms with Gasteiger partial charge in [0.25, 0.3) is 0 Å². The van der Waals surface area contributed by atoms with Crippen LogP contribution >= 0.6 is 12.2 Å². The van der Waals surface area contributed by atoms with Crippen molar-refractivity contribution in [2.75, 3.05) is 0 Å². The van der Waals surface area contributed by atoms with Crippen molar-refractivity contribution in [2.45, 2.75) is 20.0 Å². The largest absolute Gasteiger partial charge is 0.491 e. The predicted molar refractivity (Wildman–Crippen MR) is 70.6 cm³/mol. The number of hydrogen-bond acceptors (Lipinski definition) is 3. The minimum Gasteiger partial charge on any atom is -0.491 e. The normalized spacial score (nSPS) is 10.5. The van der Waals surface area contributed by atoms with E-state index in [-0.39, 0.29) is 6.10 Å². The first-order valence-electron chi connectivity index (χ1n) is 5.47. The highest BCUT2D eigenvalue weighted by atomic mass is 32.1. The molecule has 1 N–H and O–H groups in total. The molecule has 0 radical (unpaired) electrons. The molecule has 0 bridgehead atoms. The maximum absolute atomic E-state index is 5.58. The van der Waals surface area contributed by atoms with E-state index in [0.717, 1.165) is 17.0 Å². The van der Waals surface area contributed by atoms with E-state index in [1.807, 2.05) is 38.1 Å². The summed E-state index contributed by atoms with van der Waals surface area (Å²) in [5.74, 6) is 0.856. The molecular weight excluding hydrogens is 232 g/mol. The SMILES string of the molecule is CC(C)Oc1ccc(-c2ncc[nH]c2=S)cc1. The summed E-state index contributed by atoms with van der Waals surface area (Å²) in [6.45, 7) is 4.01. The molecule has 17 heavy (non-hydrogen) atoms. The van der Waals surface area contributed by atoms with Crippen LogP contribution in [-0.4, -0.2) is 16.1 Å². The average Bonchev–Trinajstić information content (AvgIpc) is 2.30. The van der Waals surface area contributed by atoms with Crippen LogP contribution in [0.15, 0.2) is 36.7 Å². The Balaban J connectivity index is 2.30. The summed E-state index contributed by atoms with van der Waals surface area (Å²) in [7, 11) is 0. The Morgan fingerprint density at radius 1 is 1.24 bits per heavy atom. The minimum atomic E-state index is 0.179. The van der Waals surface area contributed by atoms with E-state index in [4.69, 9.17) is 17.0 Å². The molecule has 0 saturated heterocycles. The molecule has 0 aliphatic rings. The van der Waals surface area contributed by atoms with Crippen molar-refractivity contribution in [1.29, 1.82) is 0 Å². The van der Waals surface area contributed by atoms with Crippen LogP contribution in [0, 0.1) is 4.64 Å². The van der Waals surface area contributed by atoms with Crippen LogP contribution in [-0.2, 0) is 0 Å². The topological polar surface area (TPSA) is 37.9 Å². The molecule has 2 aromatic rings. The van der Waals surface area contributed by atoms with Crippen LogP contribution < -0.4 is 4.74 Å². The molecule has 0 atom stereocenters. The zero-order chi connectivity index (χ0) is 12.3. The van der Waals surface area contributed by atoms with E-state index in [1.165, 1.54) is 0 Å². The number of ether oxygens (including phenoxy) is 1. The standard InChI is InChI=1S/C13H14N2OS/c1-9(2)16-11-5-3-10(4-6-11)12-13(17)15-8-7-14-12/h3-9H,1-2H3,(H,15,17). The highest BCUT2D eigenvalue weighted by Gasteiger charge is 2.02. The van der Waals surface area contributed by atoms with Gasteiger partial charge in [0.2, 0.25) is 0 Å². The summed E-state index contributed by atoms with van der Waals surface area (Å²) in [5, 5.41) is 0. The zero-order valence-electron chi connectivity index (χ0n) is 9.81. The second-order valence-corrected chi connectivity index (χ2v) is 4.37. The van der Waals surface area contributed by atoms with E-state index in [0.29, 0.717) is 4.64 Å². The Kier molecular flexibility index (Phi) is 3.54. The first-order chi connectivity index (χ1) is 8.16. The molecule has 0 fully saturated rings. The van der Waals surface area contributed by atoms with Gasteiger partial charge in [-0.05, 0) is 38.1 Å². The number of nitrogens with one attached hydrogen (secondary N) is 1. The van der Waals surface area contributed by atoms with Crippen LogP contribution in [0.3, 0.4) is 0 Å².